The number of aliphatic hydroxyl groups is 4. The predicted molar refractivity (Wildman–Crippen MR) is 206 cm³/mol. The average Bonchev–Trinajstić information content (AvgIpc) is 3.85. The molecule has 14 heteroatoms. The highest BCUT2D eigenvalue weighted by Crippen LogP contribution is 2.58. The molecule has 300 valence electrons. The largest absolute Gasteiger partial charge is 0.508 e. The molecule has 3 aromatic carbocycles. The van der Waals surface area contributed by atoms with Crippen molar-refractivity contribution in [2.24, 2.45) is 0 Å². The second kappa shape index (κ2) is 15.3. The van der Waals surface area contributed by atoms with E-state index in [1.165, 1.54) is 29.4 Å². The topological polar surface area (TPSA) is 226 Å². The van der Waals surface area contributed by atoms with E-state index in [9.17, 15) is 45.3 Å². The SMILES string of the molecule is O=C(O)C1C(CC2(c3ccccc3)CCCCC2)c2cc(O)c3c(c2N1C(=O)C=Cc1ccc(O)c(Cc2cnc[nH]2)c1)CCC1(O3)OC(CO)C(O)C(O)C1O. The number of hydrogen-bond donors (Lipinski definition) is 8. The van der Waals surface area contributed by atoms with E-state index in [4.69, 9.17) is 9.47 Å². The van der Waals surface area contributed by atoms with Crippen molar-refractivity contribution in [1.82, 2.24) is 9.97 Å². The fourth-order valence-electron chi connectivity index (χ4n) is 9.63. The molecule has 1 saturated carbocycles. The number of amides is 1. The van der Waals surface area contributed by atoms with Crippen LogP contribution < -0.4 is 9.64 Å². The molecule has 7 unspecified atom stereocenters. The maximum atomic E-state index is 14.6. The van der Waals surface area contributed by atoms with Crippen molar-refractivity contribution in [3.63, 3.8) is 0 Å². The van der Waals surface area contributed by atoms with E-state index in [0.717, 1.165) is 43.4 Å². The summed E-state index contributed by atoms with van der Waals surface area (Å²) in [6.07, 6.45) is 4.82. The number of nitrogens with zero attached hydrogens (tertiary/aromatic N) is 2. The van der Waals surface area contributed by atoms with E-state index in [1.807, 2.05) is 18.2 Å². The van der Waals surface area contributed by atoms with Crippen molar-refractivity contribution in [3.05, 3.63) is 107 Å². The lowest BCUT2D eigenvalue weighted by Gasteiger charge is -2.50. The molecule has 3 aliphatic heterocycles. The molecule has 7 atom stereocenters. The fraction of sp³-hybridized carbons (Fsp3) is 0.419. The molecular weight excluding hydrogens is 734 g/mol. The minimum atomic E-state index is -1.98. The Labute approximate surface area is 328 Å². The Morgan fingerprint density at radius 1 is 0.965 bits per heavy atom. The van der Waals surface area contributed by atoms with Crippen LogP contribution >= 0.6 is 0 Å². The average molecular weight is 782 g/mol. The zero-order valence-corrected chi connectivity index (χ0v) is 31.2. The molecule has 1 aromatic heterocycles. The number of aromatic hydroxyl groups is 2. The summed E-state index contributed by atoms with van der Waals surface area (Å²) in [5.41, 5.74) is 3.72. The molecule has 2 fully saturated rings. The first-order chi connectivity index (χ1) is 27.4. The molecule has 0 bridgehead atoms. The van der Waals surface area contributed by atoms with Gasteiger partial charge in [-0.15, -0.1) is 0 Å². The van der Waals surface area contributed by atoms with Gasteiger partial charge in [0.25, 0.3) is 5.91 Å². The van der Waals surface area contributed by atoms with Gasteiger partial charge in [0, 0.05) is 47.9 Å². The summed E-state index contributed by atoms with van der Waals surface area (Å²) in [4.78, 5) is 36.5. The van der Waals surface area contributed by atoms with E-state index in [0.29, 0.717) is 35.1 Å². The standard InChI is InChI=1S/C43H47N3O11/c47-22-33-37(51)38(52)40(53)43(56-33)16-13-28-35-29(19-32(49)39(28)57-43)30(20-42(14-5-2-6-15-42)26-7-3-1-4-8-26)36(41(54)55)46(35)34(50)12-10-24-9-11-31(48)25(17-24)18-27-21-44-23-45-27/h1,3-4,7-12,17,19,21,23,30,33,36-38,40,47-49,51-53H,2,5-6,13-16,18,20,22H2,(H,44,45)(H,54,55). The van der Waals surface area contributed by atoms with Crippen LogP contribution in [0.1, 0.15) is 84.4 Å². The number of aromatic nitrogens is 2. The number of H-pyrrole nitrogens is 1. The van der Waals surface area contributed by atoms with Crippen molar-refractivity contribution >= 4 is 23.6 Å². The number of nitrogens with one attached hydrogen (secondary N) is 1. The van der Waals surface area contributed by atoms with Crippen LogP contribution in [0, 0.1) is 0 Å². The number of hydrogen-bond acceptors (Lipinski definition) is 11. The number of benzene rings is 3. The van der Waals surface area contributed by atoms with Crippen LogP contribution in [-0.2, 0) is 32.6 Å². The summed E-state index contributed by atoms with van der Waals surface area (Å²) in [5.74, 6) is -5.05. The van der Waals surface area contributed by atoms with Gasteiger partial charge in [0.15, 0.2) is 11.5 Å². The van der Waals surface area contributed by atoms with Gasteiger partial charge in [-0.3, -0.25) is 9.69 Å². The monoisotopic (exact) mass is 781 g/mol. The zero-order valence-electron chi connectivity index (χ0n) is 31.2. The minimum absolute atomic E-state index is 0.00932. The fourth-order valence-corrected chi connectivity index (χ4v) is 9.63. The van der Waals surface area contributed by atoms with Gasteiger partial charge in [0.2, 0.25) is 5.79 Å². The summed E-state index contributed by atoms with van der Waals surface area (Å²) in [5, 5.41) is 75.6. The minimum Gasteiger partial charge on any atom is -0.508 e. The van der Waals surface area contributed by atoms with E-state index >= 15 is 0 Å². The smallest absolute Gasteiger partial charge is 0.327 e. The van der Waals surface area contributed by atoms with Gasteiger partial charge < -0.3 is 50.2 Å². The van der Waals surface area contributed by atoms with Crippen molar-refractivity contribution in [1.29, 1.82) is 0 Å². The van der Waals surface area contributed by atoms with E-state index in [-0.39, 0.29) is 35.8 Å². The molecule has 57 heavy (non-hydrogen) atoms. The molecular formula is C43H47N3O11. The van der Waals surface area contributed by atoms with Crippen LogP contribution in [0.2, 0.25) is 0 Å². The molecule has 1 saturated heterocycles. The van der Waals surface area contributed by atoms with Crippen LogP contribution in [0.5, 0.6) is 17.2 Å². The normalized spacial score (nSPS) is 27.9. The van der Waals surface area contributed by atoms with Gasteiger partial charge in [0.05, 0.1) is 18.6 Å². The molecule has 1 spiro atoms. The highest BCUT2D eigenvalue weighted by molar-refractivity contribution is 6.10. The van der Waals surface area contributed by atoms with Crippen molar-refractivity contribution in [2.45, 2.75) is 105 Å². The first-order valence-corrected chi connectivity index (χ1v) is 19.4. The van der Waals surface area contributed by atoms with Gasteiger partial charge >= 0.3 is 5.97 Å². The number of fused-ring (bicyclic) bond motifs is 3. The summed E-state index contributed by atoms with van der Waals surface area (Å²) in [7, 11) is 0. The Kier molecular flexibility index (Phi) is 10.3. The van der Waals surface area contributed by atoms with Gasteiger partial charge in [-0.2, -0.15) is 0 Å². The third-order valence-corrected chi connectivity index (χ3v) is 12.4. The van der Waals surface area contributed by atoms with Gasteiger partial charge in [-0.05, 0) is 72.1 Å². The molecule has 1 aliphatic carbocycles. The lowest BCUT2D eigenvalue weighted by molar-refractivity contribution is -0.342. The van der Waals surface area contributed by atoms with E-state index in [2.05, 4.69) is 22.1 Å². The number of aromatic amines is 1. The molecule has 4 aromatic rings. The number of carbonyl (C=O) groups excluding carboxylic acids is 1. The van der Waals surface area contributed by atoms with Crippen molar-refractivity contribution < 1.29 is 54.8 Å². The molecule has 1 amide bonds. The maximum Gasteiger partial charge on any atom is 0.327 e. The number of phenolic OH excluding ortho intramolecular Hbond substituents is 2. The van der Waals surface area contributed by atoms with Gasteiger partial charge in [0.1, 0.15) is 36.2 Å². The van der Waals surface area contributed by atoms with Crippen LogP contribution in [0.4, 0.5) is 5.69 Å². The molecule has 14 nitrogen and oxygen atoms in total. The quantitative estimate of drug-likeness (QED) is 0.114. The lowest BCUT2D eigenvalue weighted by Crippen LogP contribution is -2.68. The second-order valence-electron chi connectivity index (χ2n) is 15.8. The number of aliphatic hydroxyl groups excluding tert-OH is 4. The third-order valence-electron chi connectivity index (χ3n) is 12.4. The molecule has 4 aliphatic rings. The zero-order chi connectivity index (χ0) is 40.1. The Morgan fingerprint density at radius 3 is 2.44 bits per heavy atom. The van der Waals surface area contributed by atoms with E-state index in [1.54, 1.807) is 24.4 Å². The highest BCUT2D eigenvalue weighted by atomic mass is 16.7. The van der Waals surface area contributed by atoms with Gasteiger partial charge in [-0.25, -0.2) is 9.78 Å². The van der Waals surface area contributed by atoms with Crippen LogP contribution in [0.15, 0.2) is 73.2 Å². The molecule has 4 heterocycles. The number of rotatable bonds is 9. The number of carboxylic acids is 1. The highest BCUT2D eigenvalue weighted by Gasteiger charge is 2.58. The van der Waals surface area contributed by atoms with Crippen LogP contribution in [0.3, 0.4) is 0 Å². The number of imidazole rings is 1. The summed E-state index contributed by atoms with van der Waals surface area (Å²) in [6.45, 7) is -0.690. The second-order valence-corrected chi connectivity index (χ2v) is 15.8. The Hall–Kier alpha value is -5.25. The van der Waals surface area contributed by atoms with Crippen molar-refractivity contribution in [2.75, 3.05) is 11.5 Å². The van der Waals surface area contributed by atoms with Crippen LogP contribution in [0.25, 0.3) is 6.08 Å². The molecule has 8 N–H and O–H groups in total. The Morgan fingerprint density at radius 2 is 1.74 bits per heavy atom. The Bertz CT molecular complexity index is 2150. The maximum absolute atomic E-state index is 14.6. The third kappa shape index (κ3) is 6.84. The molecule has 0 radical (unpaired) electrons. The summed E-state index contributed by atoms with van der Waals surface area (Å²) >= 11 is 0. The summed E-state index contributed by atoms with van der Waals surface area (Å²) < 4.78 is 12.1. The summed E-state index contributed by atoms with van der Waals surface area (Å²) in [6, 6.07) is 15.0. The van der Waals surface area contributed by atoms with E-state index < -0.39 is 66.1 Å². The number of phenols is 2. The van der Waals surface area contributed by atoms with Gasteiger partial charge in [-0.1, -0.05) is 55.7 Å². The number of carbonyl (C=O) groups is 2. The van der Waals surface area contributed by atoms with Crippen molar-refractivity contribution in [3.8, 4) is 17.2 Å². The number of aliphatic carboxylic acids is 1. The Balaban J connectivity index is 1.22. The molecule has 8 rings (SSSR count). The number of anilines is 1. The first kappa shape index (κ1) is 38.6. The van der Waals surface area contributed by atoms with Crippen LogP contribution in [-0.4, -0.2) is 100 Å². The predicted octanol–water partition coefficient (Wildman–Crippen LogP) is 3.80. The first-order valence-electron chi connectivity index (χ1n) is 19.4. The number of carboxylic acid groups (broad SMARTS) is 1. The number of ether oxygens (including phenoxy) is 2. The lowest BCUT2D eigenvalue weighted by atomic mass is 9.63.